The number of rotatable bonds is 17. The maximum absolute atomic E-state index is 14.0. The zero-order valence-electron chi connectivity index (χ0n) is 40.8. The fourth-order valence-corrected chi connectivity index (χ4v) is 10.4. The van der Waals surface area contributed by atoms with Gasteiger partial charge < -0.3 is 35.6 Å². The van der Waals surface area contributed by atoms with Crippen LogP contribution in [0.1, 0.15) is 87.7 Å². The molecule has 2 fully saturated rings. The second-order valence-electron chi connectivity index (χ2n) is 19.6. The number of aliphatic hydroxyl groups is 1. The van der Waals surface area contributed by atoms with Crippen molar-refractivity contribution in [3.8, 4) is 27.6 Å². The zero-order valence-corrected chi connectivity index (χ0v) is 42.4. The van der Waals surface area contributed by atoms with Crippen LogP contribution < -0.4 is 20.9 Å². The molecular formula is C53H57F3N8O6S2. The van der Waals surface area contributed by atoms with E-state index in [0.717, 1.165) is 45.0 Å². The molecule has 1 unspecified atom stereocenters. The molecule has 2 aliphatic rings. The molecule has 72 heavy (non-hydrogen) atoms. The number of aromatic nitrogens is 2. The van der Waals surface area contributed by atoms with Gasteiger partial charge in [-0.1, -0.05) is 75.5 Å². The molecule has 2 aromatic heterocycles. The molecule has 5 aromatic rings. The van der Waals surface area contributed by atoms with Gasteiger partial charge in [0.05, 0.1) is 55.8 Å². The van der Waals surface area contributed by atoms with Gasteiger partial charge in [-0.3, -0.25) is 19.2 Å². The lowest BCUT2D eigenvalue weighted by molar-refractivity contribution is -0.144. The lowest BCUT2D eigenvalue weighted by Crippen LogP contribution is -2.58. The first-order valence-corrected chi connectivity index (χ1v) is 24.8. The number of aryl methyl sites for hydroxylation is 1. The van der Waals surface area contributed by atoms with E-state index in [0.29, 0.717) is 37.5 Å². The third-order valence-electron chi connectivity index (χ3n) is 12.9. The second kappa shape index (κ2) is 22.0. The highest BCUT2D eigenvalue weighted by Gasteiger charge is 2.52. The van der Waals surface area contributed by atoms with Crippen molar-refractivity contribution in [1.29, 1.82) is 5.26 Å². The number of halogens is 3. The molecule has 7 rings (SSSR count). The Kier molecular flexibility index (Phi) is 16.3. The Hall–Kier alpha value is -6.59. The average molecular weight is 1020 g/mol. The van der Waals surface area contributed by atoms with Gasteiger partial charge >= 0.3 is 6.18 Å². The molecule has 14 nitrogen and oxygen atoms in total. The number of carbonyl (C=O) groups is 4. The quantitative estimate of drug-likeness (QED) is 0.0515. The SMILES string of the molecule is Cc1ncsc1-c1ccc(CNC(=O)[C@@H]2C[C@@H](O)CN2C(=O)[C@@H](NC(=O)COCCCCNc2ccc(-c3ccc(N4C(=S)C(c5ccc(C#N)c(C(F)(F)F)c5)C(=O)C4(C)C)cc3)cn2)C(C)(C)C)cc1. The first kappa shape index (κ1) is 53.2. The summed E-state index contributed by atoms with van der Waals surface area (Å²) in [5.41, 5.74) is 3.49. The van der Waals surface area contributed by atoms with Gasteiger partial charge in [0, 0.05) is 50.1 Å². The van der Waals surface area contributed by atoms with E-state index < -0.39 is 64.2 Å². The van der Waals surface area contributed by atoms with Gasteiger partial charge in [-0.15, -0.1) is 11.3 Å². The molecule has 3 amide bonds. The van der Waals surface area contributed by atoms with Crippen LogP contribution in [-0.2, 0) is 36.6 Å². The van der Waals surface area contributed by atoms with Crippen LogP contribution >= 0.6 is 23.6 Å². The monoisotopic (exact) mass is 1020 g/mol. The average Bonchev–Trinajstić information content (AvgIpc) is 4.01. The van der Waals surface area contributed by atoms with Crippen LogP contribution in [0.25, 0.3) is 21.6 Å². The van der Waals surface area contributed by atoms with E-state index in [1.165, 1.54) is 11.0 Å². The standard InChI is InChI=1S/C53H57F3N8O6S2/c1-31-45(72-30-61-31)34-11-9-32(10-12-34)26-60-48(68)41-24-39(65)28-63(41)49(69)46(51(2,3)4)62-43(66)29-70-22-8-7-21-58-42-20-17-37(27-59-42)33-15-18-38(19-16-33)64-50(71)44(47(67)52(64,5)6)35-13-14-36(25-57)40(23-35)53(54,55)56/h9-20,23,27,30,39,41,44,46,65H,7-8,21-22,24,26,28-29H2,1-6H3,(H,58,59)(H,60,68)(H,62,66)/t39-,41+,44?,46-/m1/s1. The zero-order chi connectivity index (χ0) is 52.1. The lowest BCUT2D eigenvalue weighted by Gasteiger charge is -2.35. The molecular weight excluding hydrogens is 966 g/mol. The Morgan fingerprint density at radius 3 is 2.31 bits per heavy atom. The number of likely N-dealkylation sites (tertiary alicyclic amines) is 1. The van der Waals surface area contributed by atoms with E-state index in [1.54, 1.807) is 60.0 Å². The normalized spacial score (nSPS) is 18.2. The fraction of sp³-hybridized carbons (Fsp3) is 0.396. The minimum Gasteiger partial charge on any atom is -0.391 e. The maximum atomic E-state index is 14.0. The molecule has 3 aromatic carbocycles. The van der Waals surface area contributed by atoms with Crippen molar-refractivity contribution in [1.82, 2.24) is 25.5 Å². The number of hydrogen-bond donors (Lipinski definition) is 4. The minimum atomic E-state index is -4.78. The van der Waals surface area contributed by atoms with Crippen molar-refractivity contribution >= 4 is 63.6 Å². The van der Waals surface area contributed by atoms with Crippen molar-refractivity contribution in [3.05, 3.63) is 119 Å². The van der Waals surface area contributed by atoms with Gasteiger partial charge in [0.25, 0.3) is 0 Å². The molecule has 0 spiro atoms. The highest BCUT2D eigenvalue weighted by atomic mass is 32.1. The number of hydrogen-bond acceptors (Lipinski definition) is 12. The Morgan fingerprint density at radius 2 is 1.68 bits per heavy atom. The van der Waals surface area contributed by atoms with E-state index in [-0.39, 0.29) is 48.4 Å². The number of β-amino-alcohol motifs (C(OH)–C–C–N with tert-alkyl or cyclic N) is 1. The number of nitrogens with zero attached hydrogens (tertiary/aromatic N) is 5. The smallest absolute Gasteiger partial charge is 0.391 e. The Balaban J connectivity index is 0.841. The first-order valence-electron chi connectivity index (χ1n) is 23.5. The number of carbonyl (C=O) groups excluding carboxylic acids is 4. The van der Waals surface area contributed by atoms with Crippen molar-refractivity contribution in [2.45, 2.75) is 103 Å². The molecule has 0 aliphatic carbocycles. The largest absolute Gasteiger partial charge is 0.417 e. The van der Waals surface area contributed by atoms with Gasteiger partial charge in [0.1, 0.15) is 24.5 Å². The number of nitrogens with one attached hydrogen (secondary N) is 3. The first-order chi connectivity index (χ1) is 34.1. The van der Waals surface area contributed by atoms with Crippen molar-refractivity contribution in [3.63, 3.8) is 0 Å². The highest BCUT2D eigenvalue weighted by molar-refractivity contribution is 7.80. The number of aliphatic hydroxyl groups excluding tert-OH is 1. The van der Waals surface area contributed by atoms with E-state index in [4.69, 9.17) is 17.0 Å². The number of alkyl halides is 3. The van der Waals surface area contributed by atoms with E-state index in [9.17, 15) is 42.7 Å². The summed E-state index contributed by atoms with van der Waals surface area (Å²) >= 11 is 7.30. The minimum absolute atomic E-state index is 0.0330. The Bertz CT molecular complexity index is 2840. The molecule has 378 valence electrons. The predicted octanol–water partition coefficient (Wildman–Crippen LogP) is 8.37. The summed E-state index contributed by atoms with van der Waals surface area (Å²) in [7, 11) is 0. The van der Waals surface area contributed by atoms with Crippen LogP contribution in [0.5, 0.6) is 0 Å². The summed E-state index contributed by atoms with van der Waals surface area (Å²) in [5.74, 6) is -2.13. The highest BCUT2D eigenvalue weighted by Crippen LogP contribution is 2.43. The molecule has 4 atom stereocenters. The summed E-state index contributed by atoms with van der Waals surface area (Å²) in [4.78, 5) is 67.4. The van der Waals surface area contributed by atoms with Crippen LogP contribution in [0.2, 0.25) is 0 Å². The topological polar surface area (TPSA) is 190 Å². The van der Waals surface area contributed by atoms with Crippen LogP contribution in [0.15, 0.2) is 90.6 Å². The number of thiazole rings is 1. The van der Waals surface area contributed by atoms with E-state index in [2.05, 4.69) is 25.9 Å². The molecule has 0 saturated carbocycles. The number of ketones is 1. The van der Waals surface area contributed by atoms with E-state index >= 15 is 0 Å². The number of benzene rings is 3. The van der Waals surface area contributed by atoms with Gasteiger partial charge in [0.2, 0.25) is 17.7 Å². The van der Waals surface area contributed by atoms with Crippen molar-refractivity contribution < 1.29 is 42.2 Å². The molecule has 2 saturated heterocycles. The Morgan fingerprint density at radius 1 is 0.986 bits per heavy atom. The summed E-state index contributed by atoms with van der Waals surface area (Å²) in [6, 6.07) is 21.8. The van der Waals surface area contributed by atoms with Crippen molar-refractivity contribution in [2.75, 3.05) is 36.5 Å². The second-order valence-corrected chi connectivity index (χ2v) is 20.8. The van der Waals surface area contributed by atoms with Crippen LogP contribution in [0.4, 0.5) is 24.7 Å². The van der Waals surface area contributed by atoms with Crippen LogP contribution in [0, 0.1) is 23.7 Å². The van der Waals surface area contributed by atoms with Gasteiger partial charge in [-0.2, -0.15) is 18.4 Å². The summed E-state index contributed by atoms with van der Waals surface area (Å²) in [6.07, 6.45) is -2.53. The number of pyridine rings is 1. The molecule has 2 aliphatic heterocycles. The van der Waals surface area contributed by atoms with Gasteiger partial charge in [-0.25, -0.2) is 9.97 Å². The lowest BCUT2D eigenvalue weighted by atomic mass is 9.85. The number of thiocarbonyl (C=S) groups is 1. The van der Waals surface area contributed by atoms with Crippen LogP contribution in [0.3, 0.4) is 0 Å². The van der Waals surface area contributed by atoms with Gasteiger partial charge in [0.15, 0.2) is 5.78 Å². The fourth-order valence-electron chi connectivity index (χ4n) is 8.96. The molecule has 4 heterocycles. The van der Waals surface area contributed by atoms with E-state index in [1.807, 2.05) is 76.2 Å². The molecule has 0 bridgehead atoms. The molecule has 0 radical (unpaired) electrons. The maximum Gasteiger partial charge on any atom is 0.417 e. The predicted molar refractivity (Wildman–Crippen MR) is 273 cm³/mol. The summed E-state index contributed by atoms with van der Waals surface area (Å²) in [6.45, 7) is 11.6. The van der Waals surface area contributed by atoms with Crippen molar-refractivity contribution in [2.24, 2.45) is 5.41 Å². The number of ether oxygens (including phenoxy) is 1. The molecule has 19 heteroatoms. The third kappa shape index (κ3) is 12.0. The number of Topliss-reactive ketones (excluding diaryl/α,β-unsaturated/α-hetero) is 1. The summed E-state index contributed by atoms with van der Waals surface area (Å²) < 4.78 is 47.0. The number of nitriles is 1. The Labute approximate surface area is 426 Å². The third-order valence-corrected chi connectivity index (χ3v) is 14.3. The summed E-state index contributed by atoms with van der Waals surface area (Å²) in [5, 5.41) is 28.8. The van der Waals surface area contributed by atoms with Gasteiger partial charge in [-0.05, 0) is 97.7 Å². The number of unbranched alkanes of at least 4 members (excludes halogenated alkanes) is 1. The molecule has 4 N–H and O–H groups in total. The number of amides is 3. The number of anilines is 2. The van der Waals surface area contributed by atoms with Crippen LogP contribution in [-0.4, -0.2) is 98.5 Å².